The smallest absolute Gasteiger partial charge is 0.230 e. The Bertz CT molecular complexity index is 1510. The molecule has 2 aliphatic rings. The third-order valence-corrected chi connectivity index (χ3v) is 8.17. The van der Waals surface area contributed by atoms with E-state index in [4.69, 9.17) is 17.3 Å². The molecule has 2 fully saturated rings. The SMILES string of the molecule is C[C@H]1C(=O)N(c2ccc3c(cnn3-c3ccc(F)cc3)c2)[C@@H](c2ccccc2Cl)[C@@H]1C1(C(N)=O)CC1. The summed E-state index contributed by atoms with van der Waals surface area (Å²) in [5, 5.41) is 5.86. The van der Waals surface area contributed by atoms with Crippen LogP contribution in [0.2, 0.25) is 5.02 Å². The maximum atomic E-state index is 13.8. The highest BCUT2D eigenvalue weighted by Crippen LogP contribution is 2.63. The van der Waals surface area contributed by atoms with E-state index in [9.17, 15) is 14.0 Å². The molecule has 1 aromatic heterocycles. The average Bonchev–Trinajstić information content (AvgIpc) is 3.50. The van der Waals surface area contributed by atoms with Crippen molar-refractivity contribution in [2.45, 2.75) is 25.8 Å². The summed E-state index contributed by atoms with van der Waals surface area (Å²) in [6, 6.07) is 18.8. The van der Waals surface area contributed by atoms with Crippen LogP contribution in [0.3, 0.4) is 0 Å². The van der Waals surface area contributed by atoms with Gasteiger partial charge in [0.15, 0.2) is 0 Å². The van der Waals surface area contributed by atoms with E-state index in [0.717, 1.165) is 22.2 Å². The second-order valence-corrected chi connectivity index (χ2v) is 10.2. The number of fused-ring (bicyclic) bond motifs is 1. The number of nitrogens with zero attached hydrogens (tertiary/aromatic N) is 3. The number of nitrogens with two attached hydrogens (primary N) is 1. The molecule has 2 amide bonds. The topological polar surface area (TPSA) is 81.2 Å². The molecule has 0 bridgehead atoms. The first-order valence-corrected chi connectivity index (χ1v) is 12.3. The number of halogens is 2. The van der Waals surface area contributed by atoms with Gasteiger partial charge in [0.1, 0.15) is 5.82 Å². The van der Waals surface area contributed by atoms with E-state index in [-0.39, 0.29) is 23.5 Å². The highest BCUT2D eigenvalue weighted by atomic mass is 35.5. The minimum Gasteiger partial charge on any atom is -0.369 e. The van der Waals surface area contributed by atoms with Gasteiger partial charge in [-0.2, -0.15) is 5.10 Å². The summed E-state index contributed by atoms with van der Waals surface area (Å²) in [6.07, 6.45) is 3.06. The Labute approximate surface area is 212 Å². The molecule has 0 spiro atoms. The van der Waals surface area contributed by atoms with Gasteiger partial charge in [0.2, 0.25) is 11.8 Å². The number of aromatic nitrogens is 2. The van der Waals surface area contributed by atoms with Crippen molar-refractivity contribution in [2.75, 3.05) is 4.90 Å². The van der Waals surface area contributed by atoms with Crippen LogP contribution in [0.1, 0.15) is 31.4 Å². The first kappa shape index (κ1) is 22.7. The Morgan fingerprint density at radius 3 is 2.44 bits per heavy atom. The molecule has 6 rings (SSSR count). The van der Waals surface area contributed by atoms with Gasteiger partial charge in [-0.15, -0.1) is 0 Å². The van der Waals surface area contributed by atoms with E-state index in [1.165, 1.54) is 12.1 Å². The Kier molecular flexibility index (Phi) is 5.16. The zero-order valence-corrected chi connectivity index (χ0v) is 20.3. The lowest BCUT2D eigenvalue weighted by Gasteiger charge is -2.33. The molecule has 4 aromatic rings. The molecule has 3 atom stereocenters. The molecule has 6 nitrogen and oxygen atoms in total. The lowest BCUT2D eigenvalue weighted by Crippen LogP contribution is -2.37. The second-order valence-electron chi connectivity index (χ2n) is 9.79. The van der Waals surface area contributed by atoms with Gasteiger partial charge in [-0.3, -0.25) is 9.59 Å². The molecule has 3 aromatic carbocycles. The van der Waals surface area contributed by atoms with Crippen molar-refractivity contribution in [1.29, 1.82) is 0 Å². The zero-order valence-electron chi connectivity index (χ0n) is 19.6. The fraction of sp³-hybridized carbons (Fsp3) is 0.250. The van der Waals surface area contributed by atoms with Gasteiger partial charge in [-0.1, -0.05) is 36.7 Å². The molecule has 8 heteroatoms. The normalized spacial score (nSPS) is 22.8. The number of hydrogen-bond acceptors (Lipinski definition) is 3. The standard InChI is InChI=1S/C28H24ClFN4O2/c1-16-24(28(12-13-28)27(31)36)25(21-4-2-3-5-22(21)29)33(26(16)35)20-10-11-23-17(14-20)15-32-34(23)19-8-6-18(30)7-9-19/h2-11,14-16,24-25H,12-13H2,1H3,(H2,31,36)/t16-,24-,25+/m1/s1. The number of amides is 2. The molecule has 36 heavy (non-hydrogen) atoms. The molecular formula is C28H24ClFN4O2. The number of hydrogen-bond donors (Lipinski definition) is 1. The van der Waals surface area contributed by atoms with Gasteiger partial charge >= 0.3 is 0 Å². The quantitative estimate of drug-likeness (QED) is 0.395. The maximum absolute atomic E-state index is 13.8. The van der Waals surface area contributed by atoms with Crippen LogP contribution in [0.25, 0.3) is 16.6 Å². The van der Waals surface area contributed by atoms with Crippen molar-refractivity contribution in [3.8, 4) is 5.69 Å². The molecular weight excluding hydrogens is 479 g/mol. The summed E-state index contributed by atoms with van der Waals surface area (Å²) < 4.78 is 15.1. The van der Waals surface area contributed by atoms with Gasteiger partial charge in [0.05, 0.1) is 28.9 Å². The number of primary amides is 1. The third kappa shape index (κ3) is 3.33. The fourth-order valence-electron chi connectivity index (χ4n) is 5.90. The molecule has 1 aliphatic heterocycles. The van der Waals surface area contributed by atoms with Crippen LogP contribution in [-0.2, 0) is 9.59 Å². The number of carbonyl (C=O) groups excluding carboxylic acids is 2. The molecule has 2 N–H and O–H groups in total. The number of benzene rings is 3. The molecule has 182 valence electrons. The molecule has 0 unspecified atom stereocenters. The fourth-order valence-corrected chi connectivity index (χ4v) is 6.14. The van der Waals surface area contributed by atoms with E-state index in [1.54, 1.807) is 34.0 Å². The summed E-state index contributed by atoms with van der Waals surface area (Å²) in [5.74, 6) is -1.44. The van der Waals surface area contributed by atoms with E-state index >= 15 is 0 Å². The van der Waals surface area contributed by atoms with E-state index < -0.39 is 17.4 Å². The minimum absolute atomic E-state index is 0.0669. The van der Waals surface area contributed by atoms with E-state index in [2.05, 4.69) is 5.10 Å². The van der Waals surface area contributed by atoms with Crippen molar-refractivity contribution in [3.63, 3.8) is 0 Å². The molecule has 1 saturated heterocycles. The highest BCUT2D eigenvalue weighted by molar-refractivity contribution is 6.31. The predicted molar refractivity (Wildman–Crippen MR) is 136 cm³/mol. The monoisotopic (exact) mass is 502 g/mol. The van der Waals surface area contributed by atoms with Crippen LogP contribution >= 0.6 is 11.6 Å². The molecule has 1 aliphatic carbocycles. The van der Waals surface area contributed by atoms with Gasteiger partial charge < -0.3 is 10.6 Å². The lowest BCUT2D eigenvalue weighted by atomic mass is 9.75. The summed E-state index contributed by atoms with van der Waals surface area (Å²) >= 11 is 6.65. The summed E-state index contributed by atoms with van der Waals surface area (Å²) in [6.45, 7) is 1.88. The Balaban J connectivity index is 1.48. The number of rotatable bonds is 5. The van der Waals surface area contributed by atoms with Crippen molar-refractivity contribution >= 4 is 40.0 Å². The Morgan fingerprint density at radius 2 is 1.78 bits per heavy atom. The molecule has 0 radical (unpaired) electrons. The molecule has 2 heterocycles. The van der Waals surface area contributed by atoms with Gasteiger partial charge in [0.25, 0.3) is 0 Å². The predicted octanol–water partition coefficient (Wildman–Crippen LogP) is 5.42. The Hall–Kier alpha value is -3.71. The highest BCUT2D eigenvalue weighted by Gasteiger charge is 2.64. The lowest BCUT2D eigenvalue weighted by molar-refractivity contribution is -0.126. The van der Waals surface area contributed by atoms with Crippen molar-refractivity contribution < 1.29 is 14.0 Å². The van der Waals surface area contributed by atoms with Crippen LogP contribution in [0.15, 0.2) is 72.9 Å². The van der Waals surface area contributed by atoms with Crippen LogP contribution in [0.5, 0.6) is 0 Å². The minimum atomic E-state index is -0.717. The summed E-state index contributed by atoms with van der Waals surface area (Å²) in [4.78, 5) is 28.1. The van der Waals surface area contributed by atoms with Gasteiger partial charge in [-0.05, 0) is 66.9 Å². The van der Waals surface area contributed by atoms with Crippen LogP contribution in [0, 0.1) is 23.1 Å². The number of carbonyl (C=O) groups is 2. The zero-order chi connectivity index (χ0) is 25.2. The van der Waals surface area contributed by atoms with E-state index in [1.807, 2.05) is 43.3 Å². The largest absolute Gasteiger partial charge is 0.369 e. The second kappa shape index (κ2) is 8.17. The van der Waals surface area contributed by atoms with Gasteiger partial charge in [0, 0.05) is 27.9 Å². The first-order valence-electron chi connectivity index (χ1n) is 11.9. The summed E-state index contributed by atoms with van der Waals surface area (Å²) in [5.41, 5.74) is 8.23. The van der Waals surface area contributed by atoms with Crippen LogP contribution < -0.4 is 10.6 Å². The third-order valence-electron chi connectivity index (χ3n) is 7.83. The van der Waals surface area contributed by atoms with Crippen molar-refractivity contribution in [1.82, 2.24) is 9.78 Å². The average molecular weight is 503 g/mol. The van der Waals surface area contributed by atoms with E-state index in [0.29, 0.717) is 23.6 Å². The van der Waals surface area contributed by atoms with Crippen LogP contribution in [0.4, 0.5) is 10.1 Å². The van der Waals surface area contributed by atoms with Crippen LogP contribution in [-0.4, -0.2) is 21.6 Å². The van der Waals surface area contributed by atoms with Gasteiger partial charge in [-0.25, -0.2) is 9.07 Å². The maximum Gasteiger partial charge on any atom is 0.230 e. The Morgan fingerprint density at radius 1 is 1.08 bits per heavy atom. The van der Waals surface area contributed by atoms with Crippen molar-refractivity contribution in [3.05, 3.63) is 89.3 Å². The first-order chi connectivity index (χ1) is 17.3. The van der Waals surface area contributed by atoms with Crippen molar-refractivity contribution in [2.24, 2.45) is 23.0 Å². The molecule has 1 saturated carbocycles. The summed E-state index contributed by atoms with van der Waals surface area (Å²) in [7, 11) is 0. The number of anilines is 1.